The first-order valence-corrected chi connectivity index (χ1v) is 9.18. The van der Waals surface area contributed by atoms with Gasteiger partial charge in [0.05, 0.1) is 23.1 Å². The molecule has 8 nitrogen and oxygen atoms in total. The maximum absolute atomic E-state index is 9.53. The Labute approximate surface area is 162 Å². The van der Waals surface area contributed by atoms with E-state index >= 15 is 0 Å². The summed E-state index contributed by atoms with van der Waals surface area (Å²) in [5.41, 5.74) is 8.85. The highest BCUT2D eigenvalue weighted by atomic mass is 35.5. The highest BCUT2D eigenvalue weighted by molar-refractivity contribution is 6.33. The van der Waals surface area contributed by atoms with E-state index in [2.05, 4.69) is 39.4 Å². The molecule has 0 aliphatic carbocycles. The van der Waals surface area contributed by atoms with Crippen LogP contribution in [0.2, 0.25) is 5.02 Å². The molecule has 144 valence electrons. The van der Waals surface area contributed by atoms with Gasteiger partial charge in [0.25, 0.3) is 0 Å². The van der Waals surface area contributed by atoms with Crippen LogP contribution in [-0.2, 0) is 6.54 Å². The van der Waals surface area contributed by atoms with Gasteiger partial charge in [-0.2, -0.15) is 9.97 Å². The first-order valence-electron chi connectivity index (χ1n) is 8.80. The number of hydrogen-bond acceptors (Lipinski definition) is 7. The Morgan fingerprint density at radius 2 is 2.00 bits per heavy atom. The van der Waals surface area contributed by atoms with E-state index in [1.165, 1.54) is 0 Å². The predicted octanol–water partition coefficient (Wildman–Crippen LogP) is 3.05. The Kier molecular flexibility index (Phi) is 5.67. The number of nitrogen functional groups attached to an aromatic ring is 1. The molecule has 27 heavy (non-hydrogen) atoms. The van der Waals surface area contributed by atoms with E-state index in [1.54, 1.807) is 19.3 Å². The average molecular weight is 390 g/mol. The van der Waals surface area contributed by atoms with Crippen molar-refractivity contribution in [2.24, 2.45) is 0 Å². The third-order valence-corrected chi connectivity index (χ3v) is 4.45. The van der Waals surface area contributed by atoms with Crippen LogP contribution < -0.4 is 16.4 Å². The summed E-state index contributed by atoms with van der Waals surface area (Å²) in [6.07, 6.45) is 1.24. The van der Waals surface area contributed by atoms with Gasteiger partial charge in [-0.1, -0.05) is 23.7 Å². The maximum Gasteiger partial charge on any atom is 0.226 e. The Bertz CT molecular complexity index is 939. The van der Waals surface area contributed by atoms with Crippen molar-refractivity contribution in [3.05, 3.63) is 35.1 Å². The molecule has 3 rings (SSSR count). The SMILES string of the molecule is CC(O)CNc1nc(NCc2cccc(Cl)c2N)c2ncn(C(C)C)c2n1. The summed E-state index contributed by atoms with van der Waals surface area (Å²) < 4.78 is 1.98. The zero-order valence-electron chi connectivity index (χ0n) is 15.6. The van der Waals surface area contributed by atoms with Gasteiger partial charge in [0.2, 0.25) is 5.95 Å². The number of nitrogens with two attached hydrogens (primary N) is 1. The van der Waals surface area contributed by atoms with Crippen LogP contribution in [0.4, 0.5) is 17.5 Å². The number of halogens is 1. The number of anilines is 3. The third-order valence-electron chi connectivity index (χ3n) is 4.12. The maximum atomic E-state index is 9.53. The molecule has 0 radical (unpaired) electrons. The molecule has 3 aromatic rings. The largest absolute Gasteiger partial charge is 0.397 e. The molecule has 9 heteroatoms. The van der Waals surface area contributed by atoms with Crippen LogP contribution in [0, 0.1) is 0 Å². The number of imidazole rings is 1. The summed E-state index contributed by atoms with van der Waals surface area (Å²) >= 11 is 6.10. The number of hydrogen-bond donors (Lipinski definition) is 4. The van der Waals surface area contributed by atoms with Gasteiger partial charge in [-0.25, -0.2) is 4.98 Å². The highest BCUT2D eigenvalue weighted by Crippen LogP contribution is 2.26. The van der Waals surface area contributed by atoms with Gasteiger partial charge < -0.3 is 26.0 Å². The second-order valence-corrected chi connectivity index (χ2v) is 7.12. The van der Waals surface area contributed by atoms with Gasteiger partial charge >= 0.3 is 0 Å². The molecule has 2 aromatic heterocycles. The number of aliphatic hydroxyl groups is 1. The molecule has 0 aliphatic heterocycles. The highest BCUT2D eigenvalue weighted by Gasteiger charge is 2.15. The number of nitrogens with zero attached hydrogens (tertiary/aromatic N) is 4. The van der Waals surface area contributed by atoms with Crippen molar-refractivity contribution < 1.29 is 5.11 Å². The zero-order valence-corrected chi connectivity index (χ0v) is 16.3. The number of aliphatic hydroxyl groups excluding tert-OH is 1. The van der Waals surface area contributed by atoms with Crippen molar-refractivity contribution in [2.45, 2.75) is 39.5 Å². The van der Waals surface area contributed by atoms with Crippen molar-refractivity contribution in [1.82, 2.24) is 19.5 Å². The molecule has 5 N–H and O–H groups in total. The molecule has 0 aliphatic rings. The normalized spacial score (nSPS) is 12.5. The van der Waals surface area contributed by atoms with Crippen LogP contribution in [0.15, 0.2) is 24.5 Å². The van der Waals surface area contributed by atoms with Crippen LogP contribution >= 0.6 is 11.6 Å². The lowest BCUT2D eigenvalue weighted by atomic mass is 10.2. The molecule has 0 amide bonds. The molecule has 2 heterocycles. The first-order chi connectivity index (χ1) is 12.9. The van der Waals surface area contributed by atoms with Crippen molar-refractivity contribution in [3.8, 4) is 0 Å². The Morgan fingerprint density at radius 1 is 1.22 bits per heavy atom. The van der Waals surface area contributed by atoms with Gasteiger partial charge in [-0.05, 0) is 32.4 Å². The van der Waals surface area contributed by atoms with Gasteiger partial charge in [0.15, 0.2) is 17.0 Å². The lowest BCUT2D eigenvalue weighted by Gasteiger charge is -2.13. The predicted molar refractivity (Wildman–Crippen MR) is 109 cm³/mol. The molecule has 1 aromatic carbocycles. The van der Waals surface area contributed by atoms with Crippen LogP contribution in [0.5, 0.6) is 0 Å². The van der Waals surface area contributed by atoms with Crippen molar-refractivity contribution in [1.29, 1.82) is 0 Å². The van der Waals surface area contributed by atoms with Gasteiger partial charge in [0.1, 0.15) is 0 Å². The van der Waals surface area contributed by atoms with Gasteiger partial charge in [-0.3, -0.25) is 0 Å². The Hall–Kier alpha value is -2.58. The van der Waals surface area contributed by atoms with E-state index < -0.39 is 6.10 Å². The Balaban J connectivity index is 1.95. The molecule has 0 fully saturated rings. The summed E-state index contributed by atoms with van der Waals surface area (Å²) in [6, 6.07) is 5.72. The number of aromatic nitrogens is 4. The minimum absolute atomic E-state index is 0.200. The monoisotopic (exact) mass is 389 g/mol. The zero-order chi connectivity index (χ0) is 19.6. The lowest BCUT2D eigenvalue weighted by molar-refractivity contribution is 0.208. The molecule has 1 unspecified atom stereocenters. The van der Waals surface area contributed by atoms with E-state index in [0.717, 1.165) is 11.2 Å². The van der Waals surface area contributed by atoms with Gasteiger partial charge in [0, 0.05) is 19.1 Å². The second kappa shape index (κ2) is 7.98. The summed E-state index contributed by atoms with van der Waals surface area (Å²) in [5, 5.41) is 16.4. The number of fused-ring (bicyclic) bond motifs is 1. The molecule has 0 spiro atoms. The van der Waals surface area contributed by atoms with E-state index in [1.807, 2.05) is 16.7 Å². The minimum atomic E-state index is -0.512. The minimum Gasteiger partial charge on any atom is -0.397 e. The van der Waals surface area contributed by atoms with Crippen molar-refractivity contribution in [2.75, 3.05) is 22.9 Å². The van der Waals surface area contributed by atoms with E-state index in [9.17, 15) is 5.11 Å². The van der Waals surface area contributed by atoms with Crippen molar-refractivity contribution in [3.63, 3.8) is 0 Å². The summed E-state index contributed by atoms with van der Waals surface area (Å²) in [5.74, 6) is 1.01. The molecular formula is C18H24ClN7O. The second-order valence-electron chi connectivity index (χ2n) is 6.71. The standard InChI is InChI=1S/C18H24ClN7O/c1-10(2)26-9-23-15-16(21-8-12-5-4-6-13(19)14(12)20)24-18(25-17(15)26)22-7-11(3)27/h4-6,9-11,27H,7-8,20H2,1-3H3,(H2,21,22,24,25). The van der Waals surface area contributed by atoms with Crippen LogP contribution in [-0.4, -0.2) is 37.3 Å². The third kappa shape index (κ3) is 4.23. The average Bonchev–Trinajstić information content (AvgIpc) is 3.05. The molecular weight excluding hydrogens is 366 g/mol. The van der Waals surface area contributed by atoms with Crippen LogP contribution in [0.25, 0.3) is 11.2 Å². The van der Waals surface area contributed by atoms with E-state index in [-0.39, 0.29) is 6.04 Å². The number of rotatable bonds is 7. The fourth-order valence-corrected chi connectivity index (χ4v) is 2.84. The van der Waals surface area contributed by atoms with Crippen LogP contribution in [0.1, 0.15) is 32.4 Å². The lowest BCUT2D eigenvalue weighted by Crippen LogP contribution is -2.18. The summed E-state index contributed by atoms with van der Waals surface area (Å²) in [4.78, 5) is 13.5. The topological polar surface area (TPSA) is 114 Å². The van der Waals surface area contributed by atoms with Gasteiger partial charge in [-0.15, -0.1) is 0 Å². The molecule has 0 bridgehead atoms. The fraction of sp³-hybridized carbons (Fsp3) is 0.389. The summed E-state index contributed by atoms with van der Waals surface area (Å²) in [6.45, 7) is 6.62. The van der Waals surface area contributed by atoms with Crippen molar-refractivity contribution >= 4 is 40.2 Å². The first kappa shape index (κ1) is 19.2. The van der Waals surface area contributed by atoms with E-state index in [0.29, 0.717) is 41.1 Å². The molecule has 0 saturated heterocycles. The smallest absolute Gasteiger partial charge is 0.226 e. The fourth-order valence-electron chi connectivity index (χ4n) is 2.65. The number of nitrogens with one attached hydrogen (secondary N) is 2. The molecule has 1 atom stereocenters. The Morgan fingerprint density at radius 3 is 2.70 bits per heavy atom. The number of benzene rings is 1. The number of para-hydroxylation sites is 1. The summed E-state index contributed by atoms with van der Waals surface area (Å²) in [7, 11) is 0. The van der Waals surface area contributed by atoms with E-state index in [4.69, 9.17) is 17.3 Å². The molecule has 0 saturated carbocycles. The quantitative estimate of drug-likeness (QED) is 0.459. The van der Waals surface area contributed by atoms with Crippen LogP contribution in [0.3, 0.4) is 0 Å².